The standard InChI is InChI=1S/C16H14N2O/c1-12-10-16(13-6-5-9-15(19)11-13)18(17-12)14-7-3-2-4-8-14/h2-11,19H,1H3. The van der Waals surface area contributed by atoms with Crippen molar-refractivity contribution in [3.63, 3.8) is 0 Å². The van der Waals surface area contributed by atoms with Crippen LogP contribution in [0.1, 0.15) is 5.69 Å². The molecule has 1 heterocycles. The highest BCUT2D eigenvalue weighted by atomic mass is 16.3. The van der Waals surface area contributed by atoms with E-state index in [2.05, 4.69) is 5.10 Å². The zero-order chi connectivity index (χ0) is 13.2. The first-order chi connectivity index (χ1) is 9.24. The summed E-state index contributed by atoms with van der Waals surface area (Å²) in [6, 6.07) is 19.2. The highest BCUT2D eigenvalue weighted by Crippen LogP contribution is 2.26. The molecule has 0 unspecified atom stereocenters. The number of phenolic OH excluding ortho intramolecular Hbond substituents is 1. The Labute approximate surface area is 111 Å². The molecule has 0 spiro atoms. The minimum absolute atomic E-state index is 0.260. The number of hydrogen-bond donors (Lipinski definition) is 1. The Morgan fingerprint density at radius 2 is 1.74 bits per heavy atom. The molecule has 0 atom stereocenters. The summed E-state index contributed by atoms with van der Waals surface area (Å²) in [5.74, 6) is 0.260. The van der Waals surface area contributed by atoms with Crippen LogP contribution < -0.4 is 0 Å². The summed E-state index contributed by atoms with van der Waals surface area (Å²) in [6.45, 7) is 1.96. The molecule has 0 aliphatic rings. The molecule has 0 fully saturated rings. The molecule has 0 saturated heterocycles. The number of aryl methyl sites for hydroxylation is 1. The van der Waals surface area contributed by atoms with Crippen molar-refractivity contribution in [1.82, 2.24) is 9.78 Å². The second-order valence-corrected chi connectivity index (χ2v) is 4.47. The maximum atomic E-state index is 9.61. The van der Waals surface area contributed by atoms with E-state index < -0.39 is 0 Å². The highest BCUT2D eigenvalue weighted by Gasteiger charge is 2.09. The van der Waals surface area contributed by atoms with Gasteiger partial charge in [0.1, 0.15) is 5.75 Å². The van der Waals surface area contributed by atoms with Crippen LogP contribution in [0.2, 0.25) is 0 Å². The molecule has 19 heavy (non-hydrogen) atoms. The minimum Gasteiger partial charge on any atom is -0.508 e. The van der Waals surface area contributed by atoms with Gasteiger partial charge in [0.15, 0.2) is 0 Å². The first-order valence-electron chi connectivity index (χ1n) is 6.15. The summed E-state index contributed by atoms with van der Waals surface area (Å²) < 4.78 is 1.89. The number of aromatic hydroxyl groups is 1. The number of aromatic nitrogens is 2. The number of rotatable bonds is 2. The van der Waals surface area contributed by atoms with E-state index in [1.807, 2.05) is 60.1 Å². The number of hydrogen-bond acceptors (Lipinski definition) is 2. The van der Waals surface area contributed by atoms with Crippen molar-refractivity contribution in [2.45, 2.75) is 6.92 Å². The minimum atomic E-state index is 0.260. The summed E-state index contributed by atoms with van der Waals surface area (Å²) in [5, 5.41) is 14.1. The van der Waals surface area contributed by atoms with Gasteiger partial charge in [0.2, 0.25) is 0 Å². The smallest absolute Gasteiger partial charge is 0.116 e. The molecule has 0 aliphatic carbocycles. The second kappa shape index (κ2) is 4.61. The summed E-state index contributed by atoms with van der Waals surface area (Å²) >= 11 is 0. The maximum absolute atomic E-state index is 9.61. The Morgan fingerprint density at radius 3 is 2.47 bits per heavy atom. The van der Waals surface area contributed by atoms with E-state index in [0.717, 1.165) is 22.6 Å². The number of para-hydroxylation sites is 1. The van der Waals surface area contributed by atoms with Gasteiger partial charge >= 0.3 is 0 Å². The number of benzene rings is 2. The largest absolute Gasteiger partial charge is 0.508 e. The zero-order valence-corrected chi connectivity index (χ0v) is 10.6. The van der Waals surface area contributed by atoms with Gasteiger partial charge in [0.05, 0.1) is 17.1 Å². The zero-order valence-electron chi connectivity index (χ0n) is 10.6. The van der Waals surface area contributed by atoms with Crippen molar-refractivity contribution >= 4 is 0 Å². The lowest BCUT2D eigenvalue weighted by atomic mass is 10.1. The third-order valence-corrected chi connectivity index (χ3v) is 2.97. The Hall–Kier alpha value is -2.55. The Bertz CT molecular complexity index is 702. The molecule has 0 saturated carbocycles. The van der Waals surface area contributed by atoms with Crippen molar-refractivity contribution in [3.8, 4) is 22.7 Å². The molecule has 3 rings (SSSR count). The SMILES string of the molecule is Cc1cc(-c2cccc(O)c2)n(-c2ccccc2)n1. The van der Waals surface area contributed by atoms with Crippen LogP contribution in [0.3, 0.4) is 0 Å². The molecule has 0 aliphatic heterocycles. The number of phenols is 1. The third-order valence-electron chi connectivity index (χ3n) is 2.97. The fraction of sp³-hybridized carbons (Fsp3) is 0.0625. The van der Waals surface area contributed by atoms with Gasteiger partial charge in [0, 0.05) is 5.56 Å². The van der Waals surface area contributed by atoms with Crippen LogP contribution >= 0.6 is 0 Å². The van der Waals surface area contributed by atoms with Gasteiger partial charge in [-0.25, -0.2) is 4.68 Å². The first-order valence-corrected chi connectivity index (χ1v) is 6.15. The molecular formula is C16H14N2O. The third kappa shape index (κ3) is 2.22. The van der Waals surface area contributed by atoms with Gasteiger partial charge in [-0.05, 0) is 37.3 Å². The Balaban J connectivity index is 2.18. The molecule has 3 aromatic rings. The fourth-order valence-electron chi connectivity index (χ4n) is 2.14. The fourth-order valence-corrected chi connectivity index (χ4v) is 2.14. The average Bonchev–Trinajstić information content (AvgIpc) is 2.82. The van der Waals surface area contributed by atoms with Gasteiger partial charge in [-0.3, -0.25) is 0 Å². The number of nitrogens with zero attached hydrogens (tertiary/aromatic N) is 2. The molecule has 1 aromatic heterocycles. The van der Waals surface area contributed by atoms with E-state index in [-0.39, 0.29) is 5.75 Å². The Morgan fingerprint density at radius 1 is 0.947 bits per heavy atom. The Kier molecular flexibility index (Phi) is 2.80. The van der Waals surface area contributed by atoms with E-state index in [4.69, 9.17) is 0 Å². The van der Waals surface area contributed by atoms with Gasteiger partial charge in [-0.1, -0.05) is 30.3 Å². The van der Waals surface area contributed by atoms with Crippen LogP contribution in [0.25, 0.3) is 16.9 Å². The van der Waals surface area contributed by atoms with Crippen molar-refractivity contribution in [2.24, 2.45) is 0 Å². The van der Waals surface area contributed by atoms with Gasteiger partial charge in [0.25, 0.3) is 0 Å². The molecule has 94 valence electrons. The van der Waals surface area contributed by atoms with Crippen LogP contribution in [0.5, 0.6) is 5.75 Å². The first kappa shape index (κ1) is 11.5. The van der Waals surface area contributed by atoms with Crippen molar-refractivity contribution in [3.05, 3.63) is 66.4 Å². The van der Waals surface area contributed by atoms with Crippen LogP contribution in [0.4, 0.5) is 0 Å². The van der Waals surface area contributed by atoms with E-state index in [0.29, 0.717) is 0 Å². The van der Waals surface area contributed by atoms with Gasteiger partial charge < -0.3 is 5.11 Å². The lowest BCUT2D eigenvalue weighted by molar-refractivity contribution is 0.475. The van der Waals surface area contributed by atoms with Gasteiger partial charge in [-0.15, -0.1) is 0 Å². The second-order valence-electron chi connectivity index (χ2n) is 4.47. The van der Waals surface area contributed by atoms with Crippen molar-refractivity contribution in [1.29, 1.82) is 0 Å². The van der Waals surface area contributed by atoms with Gasteiger partial charge in [-0.2, -0.15) is 5.10 Å². The lowest BCUT2D eigenvalue weighted by Gasteiger charge is -2.07. The lowest BCUT2D eigenvalue weighted by Crippen LogP contribution is -1.98. The molecular weight excluding hydrogens is 236 g/mol. The topological polar surface area (TPSA) is 38.0 Å². The molecule has 3 nitrogen and oxygen atoms in total. The average molecular weight is 250 g/mol. The van der Waals surface area contributed by atoms with Crippen molar-refractivity contribution in [2.75, 3.05) is 0 Å². The quantitative estimate of drug-likeness (QED) is 0.755. The predicted octanol–water partition coefficient (Wildman–Crippen LogP) is 3.55. The molecule has 0 amide bonds. The van der Waals surface area contributed by atoms with Crippen LogP contribution in [-0.2, 0) is 0 Å². The van der Waals surface area contributed by atoms with Crippen LogP contribution in [0.15, 0.2) is 60.7 Å². The normalized spacial score (nSPS) is 10.6. The molecule has 2 aromatic carbocycles. The monoisotopic (exact) mass is 250 g/mol. The summed E-state index contributed by atoms with van der Waals surface area (Å²) in [7, 11) is 0. The predicted molar refractivity (Wildman–Crippen MR) is 75.4 cm³/mol. The van der Waals surface area contributed by atoms with Crippen LogP contribution in [0, 0.1) is 6.92 Å². The molecule has 0 bridgehead atoms. The van der Waals surface area contributed by atoms with E-state index in [9.17, 15) is 5.11 Å². The summed E-state index contributed by atoms with van der Waals surface area (Å²) in [4.78, 5) is 0. The van der Waals surface area contributed by atoms with E-state index in [1.54, 1.807) is 12.1 Å². The van der Waals surface area contributed by atoms with E-state index >= 15 is 0 Å². The molecule has 1 N–H and O–H groups in total. The van der Waals surface area contributed by atoms with Crippen LogP contribution in [-0.4, -0.2) is 14.9 Å². The molecule has 0 radical (unpaired) electrons. The summed E-state index contributed by atoms with van der Waals surface area (Å²) in [5.41, 5.74) is 3.88. The maximum Gasteiger partial charge on any atom is 0.116 e. The molecule has 3 heteroatoms. The summed E-state index contributed by atoms with van der Waals surface area (Å²) in [6.07, 6.45) is 0. The highest BCUT2D eigenvalue weighted by molar-refractivity contribution is 5.64. The van der Waals surface area contributed by atoms with E-state index in [1.165, 1.54) is 0 Å². The van der Waals surface area contributed by atoms with Crippen molar-refractivity contribution < 1.29 is 5.11 Å².